The van der Waals surface area contributed by atoms with Crippen LogP contribution >= 0.6 is 0 Å². The van der Waals surface area contributed by atoms with Gasteiger partial charge < -0.3 is 10.3 Å². The van der Waals surface area contributed by atoms with Crippen LogP contribution in [-0.4, -0.2) is 10.7 Å². The molecule has 0 amide bonds. The van der Waals surface area contributed by atoms with E-state index < -0.39 is 5.60 Å². The average molecular weight is 235 g/mol. The summed E-state index contributed by atoms with van der Waals surface area (Å²) in [7, 11) is 0. The normalized spacial score (nSPS) is 26.6. The molecule has 0 aromatic rings. The van der Waals surface area contributed by atoms with Crippen molar-refractivity contribution in [2.45, 2.75) is 51.6 Å². The van der Waals surface area contributed by atoms with Gasteiger partial charge in [-0.05, 0) is 31.3 Å². The lowest BCUT2D eigenvalue weighted by Crippen LogP contribution is -2.47. The van der Waals surface area contributed by atoms with Gasteiger partial charge in [-0.3, -0.25) is 0 Å². The summed E-state index contributed by atoms with van der Waals surface area (Å²) in [5.74, 6) is 0. The first kappa shape index (κ1) is 13.8. The highest BCUT2D eigenvalue weighted by Gasteiger charge is 2.46. The number of aliphatic hydroxyl groups is 1. The fourth-order valence-electron chi connectivity index (χ4n) is 2.54. The van der Waals surface area contributed by atoms with Crippen molar-refractivity contribution in [1.82, 2.24) is 0 Å². The topological polar surface area (TPSA) is 47.6 Å². The summed E-state index contributed by atoms with van der Waals surface area (Å²) in [5.41, 5.74) is -0.0168. The summed E-state index contributed by atoms with van der Waals surface area (Å²) < 4.78 is 0. The third kappa shape index (κ3) is 2.70. The molecule has 17 heavy (non-hydrogen) atoms. The largest absolute Gasteiger partial charge is 0.498 e. The van der Waals surface area contributed by atoms with Gasteiger partial charge in [0.05, 0.1) is 5.60 Å². The Balaban J connectivity index is 2.92. The standard InChI is InChI=1S/C14H21NO2/c1-4-5-9-14(16)10-6-7-12(8-11-15-17)13(14,2)3/h4,7,16H,1,5-6,8-10H2,2-3H3. The summed E-state index contributed by atoms with van der Waals surface area (Å²) in [6, 6.07) is 2.44. The predicted octanol–water partition coefficient (Wildman–Crippen LogP) is 3.65. The number of hydrogen-bond acceptors (Lipinski definition) is 2. The second-order valence-corrected chi connectivity index (χ2v) is 5.18. The van der Waals surface area contributed by atoms with Gasteiger partial charge in [0.2, 0.25) is 0 Å². The molecular formula is C14H21NO2. The Morgan fingerprint density at radius 3 is 2.94 bits per heavy atom. The summed E-state index contributed by atoms with van der Waals surface area (Å²) in [6.07, 6.45) is 7.44. The van der Waals surface area contributed by atoms with Crippen LogP contribution in [0.2, 0.25) is 0 Å². The van der Waals surface area contributed by atoms with Crippen LogP contribution in [-0.2, 0) is 0 Å². The first-order chi connectivity index (χ1) is 7.98. The third-order valence-electron chi connectivity index (χ3n) is 4.01. The molecule has 0 radical (unpaired) electrons. The molecular weight excluding hydrogens is 214 g/mol. The SMILES string of the molecule is C=CCCC1(O)CCC=C(CC#[N+][O-])C1(C)C. The average Bonchev–Trinajstić information content (AvgIpc) is 2.29. The highest BCUT2D eigenvalue weighted by molar-refractivity contribution is 5.26. The summed E-state index contributed by atoms with van der Waals surface area (Å²) in [6.45, 7) is 7.74. The first-order valence-corrected chi connectivity index (χ1v) is 6.06. The van der Waals surface area contributed by atoms with Crippen LogP contribution in [0.25, 0.3) is 5.01 Å². The second kappa shape index (κ2) is 5.37. The van der Waals surface area contributed by atoms with Crippen LogP contribution in [0.5, 0.6) is 0 Å². The van der Waals surface area contributed by atoms with Gasteiger partial charge in [-0.25, -0.2) is 0 Å². The van der Waals surface area contributed by atoms with Gasteiger partial charge in [0.1, 0.15) is 6.42 Å². The molecule has 0 spiro atoms. The van der Waals surface area contributed by atoms with Crippen LogP contribution in [0.4, 0.5) is 0 Å². The van der Waals surface area contributed by atoms with Gasteiger partial charge in [-0.1, -0.05) is 26.0 Å². The van der Waals surface area contributed by atoms with Crippen molar-refractivity contribution < 1.29 is 5.11 Å². The molecule has 1 unspecified atom stereocenters. The third-order valence-corrected chi connectivity index (χ3v) is 4.01. The van der Waals surface area contributed by atoms with Gasteiger partial charge in [0.15, 0.2) is 0 Å². The fraction of sp³-hybridized carbons (Fsp3) is 0.643. The fourth-order valence-corrected chi connectivity index (χ4v) is 2.54. The molecule has 1 N–H and O–H groups in total. The van der Waals surface area contributed by atoms with Crippen LogP contribution in [0, 0.1) is 16.7 Å². The smallest absolute Gasteiger partial charge is 0.302 e. The van der Waals surface area contributed by atoms with Gasteiger partial charge in [-0.2, -0.15) is 0 Å². The second-order valence-electron chi connectivity index (χ2n) is 5.18. The maximum absolute atomic E-state index is 10.8. The van der Waals surface area contributed by atoms with Crippen LogP contribution < -0.4 is 0 Å². The van der Waals surface area contributed by atoms with Crippen LogP contribution in [0.1, 0.15) is 46.0 Å². The number of hydrogen-bond donors (Lipinski definition) is 1. The zero-order chi connectivity index (χ0) is 12.9. The van der Waals surface area contributed by atoms with Gasteiger partial charge in [-0.15, -0.1) is 6.58 Å². The molecule has 0 heterocycles. The Hall–Kier alpha value is -1.27. The lowest BCUT2D eigenvalue weighted by atomic mass is 9.62. The molecule has 1 aliphatic rings. The van der Waals surface area contributed by atoms with E-state index in [2.05, 4.69) is 23.7 Å². The minimum Gasteiger partial charge on any atom is -0.498 e. The first-order valence-electron chi connectivity index (χ1n) is 6.06. The zero-order valence-corrected chi connectivity index (χ0v) is 10.7. The lowest BCUT2D eigenvalue weighted by Gasteiger charge is -2.46. The van der Waals surface area contributed by atoms with Gasteiger partial charge >= 0.3 is 6.07 Å². The van der Waals surface area contributed by atoms with E-state index in [1.54, 1.807) is 0 Å². The predicted molar refractivity (Wildman–Crippen MR) is 70.7 cm³/mol. The minimum absolute atomic E-state index is 0.341. The Kier molecular flexibility index (Phi) is 4.36. The molecule has 0 bridgehead atoms. The monoisotopic (exact) mass is 235 g/mol. The molecule has 1 rings (SSSR count). The molecule has 0 aliphatic heterocycles. The van der Waals surface area contributed by atoms with Crippen molar-refractivity contribution >= 4 is 0 Å². The quantitative estimate of drug-likeness (QED) is 0.597. The van der Waals surface area contributed by atoms with Crippen molar-refractivity contribution in [2.24, 2.45) is 5.41 Å². The lowest BCUT2D eigenvalue weighted by molar-refractivity contribution is -0.0668. The molecule has 0 aromatic heterocycles. The number of nitrogens with zero attached hydrogens (tertiary/aromatic N) is 1. The Morgan fingerprint density at radius 2 is 2.35 bits per heavy atom. The molecule has 3 heteroatoms. The van der Waals surface area contributed by atoms with Gasteiger partial charge in [0.25, 0.3) is 0 Å². The van der Waals surface area contributed by atoms with E-state index in [1.807, 2.05) is 19.9 Å². The Morgan fingerprint density at radius 1 is 1.65 bits per heavy atom. The van der Waals surface area contributed by atoms with Crippen molar-refractivity contribution in [1.29, 1.82) is 0 Å². The van der Waals surface area contributed by atoms with Crippen molar-refractivity contribution in [3.8, 4) is 6.07 Å². The molecule has 0 saturated heterocycles. The molecule has 3 nitrogen and oxygen atoms in total. The van der Waals surface area contributed by atoms with E-state index in [9.17, 15) is 10.3 Å². The minimum atomic E-state index is -0.726. The molecule has 1 aliphatic carbocycles. The number of rotatable bonds is 4. The van der Waals surface area contributed by atoms with E-state index in [4.69, 9.17) is 0 Å². The van der Waals surface area contributed by atoms with Crippen LogP contribution in [0.15, 0.2) is 24.3 Å². The van der Waals surface area contributed by atoms with Crippen molar-refractivity contribution in [2.75, 3.05) is 0 Å². The van der Waals surface area contributed by atoms with E-state index in [-0.39, 0.29) is 5.41 Å². The highest BCUT2D eigenvalue weighted by atomic mass is 16.4. The van der Waals surface area contributed by atoms with Crippen molar-refractivity contribution in [3.05, 3.63) is 34.5 Å². The maximum atomic E-state index is 10.8. The molecule has 0 saturated carbocycles. The summed E-state index contributed by atoms with van der Waals surface area (Å²) in [4.78, 5) is 0. The molecule has 1 atom stereocenters. The number of allylic oxidation sites excluding steroid dienone is 2. The Labute approximate surface area is 103 Å². The maximum Gasteiger partial charge on any atom is 0.302 e. The summed E-state index contributed by atoms with van der Waals surface area (Å²) >= 11 is 0. The summed E-state index contributed by atoms with van der Waals surface area (Å²) in [5, 5.41) is 23.6. The van der Waals surface area contributed by atoms with E-state index in [0.717, 1.165) is 24.8 Å². The molecule has 94 valence electrons. The van der Waals surface area contributed by atoms with Crippen LogP contribution in [0.3, 0.4) is 0 Å². The van der Waals surface area contributed by atoms with Crippen molar-refractivity contribution in [3.63, 3.8) is 0 Å². The molecule has 0 aromatic carbocycles. The van der Waals surface area contributed by atoms with E-state index in [0.29, 0.717) is 12.8 Å². The van der Waals surface area contributed by atoms with Gasteiger partial charge in [0, 0.05) is 10.4 Å². The highest BCUT2D eigenvalue weighted by Crippen LogP contribution is 2.48. The van der Waals surface area contributed by atoms with E-state index in [1.165, 1.54) is 0 Å². The Bertz CT molecular complexity index is 373. The molecule has 0 fully saturated rings. The van der Waals surface area contributed by atoms with E-state index >= 15 is 0 Å². The zero-order valence-electron chi connectivity index (χ0n) is 10.7.